The molecule has 0 aromatic carbocycles. The summed E-state index contributed by atoms with van der Waals surface area (Å²) in [5.41, 5.74) is 2.35. The molecule has 1 saturated carbocycles. The summed E-state index contributed by atoms with van der Waals surface area (Å²) >= 11 is 0. The average Bonchev–Trinajstić information content (AvgIpc) is 2.91. The molecule has 0 atom stereocenters. The molecule has 3 rings (SSSR count). The van der Waals surface area contributed by atoms with Crippen LogP contribution in [0.2, 0.25) is 0 Å². The van der Waals surface area contributed by atoms with Crippen LogP contribution in [-0.2, 0) is 11.3 Å². The number of amides is 1. The lowest BCUT2D eigenvalue weighted by atomic mass is 9.86. The van der Waals surface area contributed by atoms with E-state index in [9.17, 15) is 4.79 Å². The highest BCUT2D eigenvalue weighted by molar-refractivity contribution is 5.76. The van der Waals surface area contributed by atoms with Crippen LogP contribution in [0.3, 0.4) is 0 Å². The number of carbonyl (C=O) groups is 1. The van der Waals surface area contributed by atoms with Crippen LogP contribution in [0.1, 0.15) is 69.2 Å². The van der Waals surface area contributed by atoms with E-state index in [1.807, 2.05) is 0 Å². The van der Waals surface area contributed by atoms with Crippen molar-refractivity contribution in [2.24, 2.45) is 11.8 Å². The Balaban J connectivity index is 1.39. The van der Waals surface area contributed by atoms with E-state index >= 15 is 0 Å². The fourth-order valence-electron chi connectivity index (χ4n) is 4.43. The number of nitrogens with zero attached hydrogens (tertiary/aromatic N) is 3. The van der Waals surface area contributed by atoms with Crippen molar-refractivity contribution in [1.82, 2.24) is 14.7 Å². The van der Waals surface area contributed by atoms with Gasteiger partial charge in [-0.1, -0.05) is 32.1 Å². The molecule has 1 aliphatic heterocycles. The second-order valence-electron chi connectivity index (χ2n) is 7.98. The van der Waals surface area contributed by atoms with E-state index in [0.29, 0.717) is 11.8 Å². The van der Waals surface area contributed by atoms with Crippen LogP contribution in [0.15, 0.2) is 6.07 Å². The lowest BCUT2D eigenvalue weighted by molar-refractivity contribution is -0.133. The largest absolute Gasteiger partial charge is 0.343 e. The molecule has 1 aromatic rings. The Morgan fingerprint density at radius 1 is 1.08 bits per heavy atom. The van der Waals surface area contributed by atoms with E-state index in [1.54, 1.807) is 0 Å². The van der Waals surface area contributed by atoms with E-state index in [2.05, 4.69) is 34.6 Å². The number of aromatic nitrogens is 2. The summed E-state index contributed by atoms with van der Waals surface area (Å²) in [7, 11) is 0. The SMILES string of the molecule is Cc1cc(C)n(CC2CCN(C(=O)CCC3CCCCC3)CC2)n1. The summed E-state index contributed by atoms with van der Waals surface area (Å²) in [5, 5.41) is 4.58. The van der Waals surface area contributed by atoms with Crippen LogP contribution in [0.25, 0.3) is 0 Å². The number of aryl methyl sites for hydroxylation is 2. The van der Waals surface area contributed by atoms with Crippen LogP contribution in [-0.4, -0.2) is 33.7 Å². The molecule has 1 amide bonds. The van der Waals surface area contributed by atoms with Crippen LogP contribution in [0.4, 0.5) is 0 Å². The number of likely N-dealkylation sites (tertiary alicyclic amines) is 1. The van der Waals surface area contributed by atoms with Gasteiger partial charge in [0.25, 0.3) is 0 Å². The predicted octanol–water partition coefficient (Wildman–Crippen LogP) is 4.10. The van der Waals surface area contributed by atoms with Gasteiger partial charge in [-0.2, -0.15) is 5.10 Å². The first-order chi connectivity index (χ1) is 11.6. The van der Waals surface area contributed by atoms with Crippen molar-refractivity contribution in [1.29, 1.82) is 0 Å². The van der Waals surface area contributed by atoms with E-state index < -0.39 is 0 Å². The standard InChI is InChI=1S/C20H33N3O/c1-16-14-17(2)23(21-16)15-19-10-12-22(13-11-19)20(24)9-8-18-6-4-3-5-7-18/h14,18-19H,3-13,15H2,1-2H3. The van der Waals surface area contributed by atoms with Gasteiger partial charge < -0.3 is 4.90 Å². The van der Waals surface area contributed by atoms with Gasteiger partial charge in [0, 0.05) is 31.7 Å². The van der Waals surface area contributed by atoms with Gasteiger partial charge in [0.05, 0.1) is 5.69 Å². The lowest BCUT2D eigenvalue weighted by Crippen LogP contribution is -2.39. The monoisotopic (exact) mass is 331 g/mol. The Kier molecular flexibility index (Phi) is 5.96. The van der Waals surface area contributed by atoms with Crippen LogP contribution < -0.4 is 0 Å². The van der Waals surface area contributed by atoms with Gasteiger partial charge in [-0.25, -0.2) is 0 Å². The molecule has 1 aromatic heterocycles. The Bertz CT molecular complexity index is 537. The van der Waals surface area contributed by atoms with Gasteiger partial charge in [-0.3, -0.25) is 9.48 Å². The zero-order chi connectivity index (χ0) is 16.9. The summed E-state index contributed by atoms with van der Waals surface area (Å²) in [5.74, 6) is 1.86. The fraction of sp³-hybridized carbons (Fsp3) is 0.800. The third-order valence-electron chi connectivity index (χ3n) is 5.99. The quantitative estimate of drug-likeness (QED) is 0.815. The van der Waals surface area contributed by atoms with Crippen molar-refractivity contribution < 1.29 is 4.79 Å². The number of hydrogen-bond donors (Lipinski definition) is 0. The van der Waals surface area contributed by atoms with Crippen LogP contribution >= 0.6 is 0 Å². The highest BCUT2D eigenvalue weighted by atomic mass is 16.2. The number of hydrogen-bond acceptors (Lipinski definition) is 2. The van der Waals surface area contributed by atoms with Crippen molar-refractivity contribution in [3.63, 3.8) is 0 Å². The summed E-state index contributed by atoms with van der Waals surface area (Å²) < 4.78 is 2.14. The van der Waals surface area contributed by atoms with Gasteiger partial charge in [0.2, 0.25) is 5.91 Å². The Labute approximate surface area is 146 Å². The van der Waals surface area contributed by atoms with Gasteiger partial charge >= 0.3 is 0 Å². The minimum absolute atomic E-state index is 0.394. The number of piperidine rings is 1. The molecule has 0 unspecified atom stereocenters. The van der Waals surface area contributed by atoms with Crippen molar-refractivity contribution in [3.8, 4) is 0 Å². The topological polar surface area (TPSA) is 38.1 Å². The average molecular weight is 332 g/mol. The molecule has 0 bridgehead atoms. The molecule has 0 radical (unpaired) electrons. The minimum atomic E-state index is 0.394. The Morgan fingerprint density at radius 3 is 2.42 bits per heavy atom. The van der Waals surface area contributed by atoms with Crippen LogP contribution in [0, 0.1) is 25.7 Å². The molecule has 4 nitrogen and oxygen atoms in total. The summed E-state index contributed by atoms with van der Waals surface area (Å²) in [6.07, 6.45) is 11.0. The summed E-state index contributed by atoms with van der Waals surface area (Å²) in [4.78, 5) is 14.6. The van der Waals surface area contributed by atoms with Gasteiger partial charge in [-0.05, 0) is 51.0 Å². The normalized spacial score (nSPS) is 20.5. The van der Waals surface area contributed by atoms with E-state index in [4.69, 9.17) is 0 Å². The lowest BCUT2D eigenvalue weighted by Gasteiger charge is -2.32. The smallest absolute Gasteiger partial charge is 0.222 e. The highest BCUT2D eigenvalue weighted by Crippen LogP contribution is 2.28. The maximum Gasteiger partial charge on any atom is 0.222 e. The minimum Gasteiger partial charge on any atom is -0.343 e. The van der Waals surface area contributed by atoms with Crippen molar-refractivity contribution >= 4 is 5.91 Å². The number of carbonyl (C=O) groups excluding carboxylic acids is 1. The highest BCUT2D eigenvalue weighted by Gasteiger charge is 2.24. The molecule has 1 saturated heterocycles. The third kappa shape index (κ3) is 4.61. The van der Waals surface area contributed by atoms with E-state index in [1.165, 1.54) is 37.8 Å². The molecule has 0 N–H and O–H groups in total. The maximum absolute atomic E-state index is 12.5. The van der Waals surface area contributed by atoms with Gasteiger partial charge in [0.1, 0.15) is 0 Å². The van der Waals surface area contributed by atoms with Crippen molar-refractivity contribution in [2.75, 3.05) is 13.1 Å². The molecular weight excluding hydrogens is 298 g/mol. The second-order valence-corrected chi connectivity index (χ2v) is 7.98. The Hall–Kier alpha value is -1.32. The van der Waals surface area contributed by atoms with E-state index in [0.717, 1.165) is 56.9 Å². The zero-order valence-electron chi connectivity index (χ0n) is 15.5. The van der Waals surface area contributed by atoms with Crippen LogP contribution in [0.5, 0.6) is 0 Å². The summed E-state index contributed by atoms with van der Waals surface area (Å²) in [6, 6.07) is 2.14. The molecule has 2 aliphatic rings. The first kappa shape index (κ1) is 17.5. The van der Waals surface area contributed by atoms with E-state index in [-0.39, 0.29) is 0 Å². The molecule has 1 aliphatic carbocycles. The van der Waals surface area contributed by atoms with Gasteiger partial charge in [-0.15, -0.1) is 0 Å². The molecule has 24 heavy (non-hydrogen) atoms. The molecule has 0 spiro atoms. The molecular formula is C20H33N3O. The fourth-order valence-corrected chi connectivity index (χ4v) is 4.43. The van der Waals surface area contributed by atoms with Crippen molar-refractivity contribution in [2.45, 2.75) is 78.2 Å². The maximum atomic E-state index is 12.5. The van der Waals surface area contributed by atoms with Gasteiger partial charge in [0.15, 0.2) is 0 Å². The first-order valence-electron chi connectivity index (χ1n) is 9.90. The van der Waals surface area contributed by atoms with Crippen molar-refractivity contribution in [3.05, 3.63) is 17.5 Å². The molecule has 134 valence electrons. The molecule has 2 heterocycles. The zero-order valence-corrected chi connectivity index (χ0v) is 15.5. The molecule has 4 heteroatoms. The first-order valence-corrected chi connectivity index (χ1v) is 9.90. The number of rotatable bonds is 5. The second kappa shape index (κ2) is 8.17. The molecule has 2 fully saturated rings. The predicted molar refractivity (Wildman–Crippen MR) is 96.8 cm³/mol. The summed E-state index contributed by atoms with van der Waals surface area (Å²) in [6.45, 7) is 7.06. The third-order valence-corrected chi connectivity index (χ3v) is 5.99. The Morgan fingerprint density at radius 2 is 1.79 bits per heavy atom.